The van der Waals surface area contributed by atoms with Crippen LogP contribution < -0.4 is 0 Å². The van der Waals surface area contributed by atoms with Crippen LogP contribution in [0.5, 0.6) is 0 Å². The van der Waals surface area contributed by atoms with Gasteiger partial charge in [0.25, 0.3) is 0 Å². The molecule has 1 aromatic rings. The fraction of sp³-hybridized carbons (Fsp3) is 0.739. The molecule has 3 heteroatoms. The second-order valence-electron chi connectivity index (χ2n) is 8.67. The second-order valence-corrected chi connectivity index (χ2v) is 8.67. The fourth-order valence-corrected chi connectivity index (χ4v) is 4.98. The zero-order chi connectivity index (χ0) is 17.8. The number of aryl methyl sites for hydroxylation is 1. The Morgan fingerprint density at radius 1 is 0.885 bits per heavy atom. The third kappa shape index (κ3) is 5.09. The van der Waals surface area contributed by atoms with Gasteiger partial charge in [0.1, 0.15) is 12.9 Å². The number of ether oxygens (including phenoxy) is 3. The number of epoxide rings is 1. The van der Waals surface area contributed by atoms with E-state index in [2.05, 4.69) is 31.2 Å². The van der Waals surface area contributed by atoms with Gasteiger partial charge in [-0.15, -0.1) is 0 Å². The minimum atomic E-state index is 0.337. The molecule has 1 unspecified atom stereocenters. The van der Waals surface area contributed by atoms with Crippen LogP contribution in [-0.2, 0) is 14.2 Å². The van der Waals surface area contributed by atoms with E-state index in [0.29, 0.717) is 25.6 Å². The summed E-state index contributed by atoms with van der Waals surface area (Å²) < 4.78 is 16.6. The lowest BCUT2D eigenvalue weighted by molar-refractivity contribution is -0.106. The average molecular weight is 359 g/mol. The van der Waals surface area contributed by atoms with Gasteiger partial charge in [-0.05, 0) is 81.6 Å². The first-order valence-corrected chi connectivity index (χ1v) is 10.7. The van der Waals surface area contributed by atoms with Gasteiger partial charge in [0.2, 0.25) is 0 Å². The molecule has 0 N–H and O–H groups in total. The topological polar surface area (TPSA) is 31.0 Å². The summed E-state index contributed by atoms with van der Waals surface area (Å²) in [5, 5.41) is 0. The molecular weight excluding hydrogens is 324 g/mol. The summed E-state index contributed by atoms with van der Waals surface area (Å²) in [6, 6.07) is 9.23. The van der Waals surface area contributed by atoms with Crippen molar-refractivity contribution in [1.82, 2.24) is 0 Å². The summed E-state index contributed by atoms with van der Waals surface area (Å²) in [7, 11) is 0. The smallest absolute Gasteiger partial charge is 0.147 e. The predicted molar refractivity (Wildman–Crippen MR) is 103 cm³/mol. The van der Waals surface area contributed by atoms with E-state index in [-0.39, 0.29) is 0 Å². The average Bonchev–Trinajstić information content (AvgIpc) is 3.51. The van der Waals surface area contributed by atoms with E-state index < -0.39 is 0 Å². The van der Waals surface area contributed by atoms with E-state index in [1.54, 1.807) is 5.56 Å². The van der Waals surface area contributed by atoms with Gasteiger partial charge in [0.15, 0.2) is 0 Å². The Morgan fingerprint density at radius 2 is 1.50 bits per heavy atom. The Labute approximate surface area is 158 Å². The fourth-order valence-electron chi connectivity index (χ4n) is 4.98. The van der Waals surface area contributed by atoms with E-state index in [0.717, 1.165) is 24.4 Å². The first kappa shape index (κ1) is 18.5. The third-order valence-corrected chi connectivity index (χ3v) is 6.80. The lowest BCUT2D eigenvalue weighted by Crippen LogP contribution is -2.28. The third-order valence-electron chi connectivity index (χ3n) is 6.80. The standard InChI is InChI=1S/C23H34O3/c1-17-2-4-18(5-3-17)19-6-8-20(9-7-19)21-10-12-22(13-11-21)26-16-24-14-23-15-25-23/h2-5,19-23H,6-16H2,1H3. The SMILES string of the molecule is Cc1ccc(C2CCC(C3CCC(OCOCC4CO4)CC3)CC2)cc1. The molecule has 3 fully saturated rings. The van der Waals surface area contributed by atoms with Crippen molar-refractivity contribution in [2.45, 2.75) is 76.4 Å². The van der Waals surface area contributed by atoms with Crippen LogP contribution in [0.15, 0.2) is 24.3 Å². The molecule has 26 heavy (non-hydrogen) atoms. The van der Waals surface area contributed by atoms with Crippen LogP contribution in [0.1, 0.15) is 68.4 Å². The van der Waals surface area contributed by atoms with Gasteiger partial charge >= 0.3 is 0 Å². The van der Waals surface area contributed by atoms with Gasteiger partial charge in [0.05, 0.1) is 19.3 Å². The maximum Gasteiger partial charge on any atom is 0.147 e. The van der Waals surface area contributed by atoms with Crippen LogP contribution in [-0.4, -0.2) is 32.2 Å². The highest BCUT2D eigenvalue weighted by molar-refractivity contribution is 5.24. The molecular formula is C23H34O3. The van der Waals surface area contributed by atoms with Crippen LogP contribution in [0.4, 0.5) is 0 Å². The summed E-state index contributed by atoms with van der Waals surface area (Å²) in [6.45, 7) is 4.17. The van der Waals surface area contributed by atoms with Crippen molar-refractivity contribution < 1.29 is 14.2 Å². The van der Waals surface area contributed by atoms with E-state index in [1.807, 2.05) is 0 Å². The Bertz CT molecular complexity index is 535. The molecule has 0 amide bonds. The first-order chi connectivity index (χ1) is 12.8. The molecule has 1 heterocycles. The molecule has 1 aromatic carbocycles. The molecule has 0 bridgehead atoms. The lowest BCUT2D eigenvalue weighted by Gasteiger charge is -2.38. The van der Waals surface area contributed by atoms with E-state index in [4.69, 9.17) is 14.2 Å². The zero-order valence-corrected chi connectivity index (χ0v) is 16.2. The Kier molecular flexibility index (Phi) is 6.29. The summed E-state index contributed by atoms with van der Waals surface area (Å²) in [5.74, 6) is 2.66. The Morgan fingerprint density at radius 3 is 2.12 bits per heavy atom. The van der Waals surface area contributed by atoms with Crippen LogP contribution in [0.25, 0.3) is 0 Å². The lowest BCUT2D eigenvalue weighted by atomic mass is 9.69. The molecule has 1 saturated heterocycles. The van der Waals surface area contributed by atoms with Crippen molar-refractivity contribution in [2.75, 3.05) is 20.0 Å². The minimum absolute atomic E-state index is 0.337. The summed E-state index contributed by atoms with van der Waals surface area (Å²) in [4.78, 5) is 0. The van der Waals surface area contributed by atoms with Crippen LogP contribution in [0, 0.1) is 18.8 Å². The van der Waals surface area contributed by atoms with Gasteiger partial charge in [-0.1, -0.05) is 29.8 Å². The van der Waals surface area contributed by atoms with Crippen molar-refractivity contribution in [3.05, 3.63) is 35.4 Å². The molecule has 144 valence electrons. The molecule has 1 aliphatic heterocycles. The van der Waals surface area contributed by atoms with Crippen molar-refractivity contribution in [3.63, 3.8) is 0 Å². The van der Waals surface area contributed by atoms with Gasteiger partial charge in [-0.2, -0.15) is 0 Å². The quantitative estimate of drug-likeness (QED) is 0.380. The highest BCUT2D eigenvalue weighted by atomic mass is 16.7. The van der Waals surface area contributed by atoms with Crippen molar-refractivity contribution in [3.8, 4) is 0 Å². The monoisotopic (exact) mass is 358 g/mol. The van der Waals surface area contributed by atoms with Crippen LogP contribution in [0.3, 0.4) is 0 Å². The Balaban J connectivity index is 1.14. The van der Waals surface area contributed by atoms with E-state index in [1.165, 1.54) is 56.9 Å². The predicted octanol–water partition coefficient (Wildman–Crippen LogP) is 5.22. The highest BCUT2D eigenvalue weighted by Gasteiger charge is 2.31. The first-order valence-electron chi connectivity index (χ1n) is 10.7. The molecule has 2 saturated carbocycles. The summed E-state index contributed by atoms with van der Waals surface area (Å²) in [6.07, 6.45) is 11.4. The van der Waals surface area contributed by atoms with Gasteiger partial charge < -0.3 is 14.2 Å². The largest absolute Gasteiger partial charge is 0.371 e. The molecule has 3 nitrogen and oxygen atoms in total. The van der Waals surface area contributed by atoms with E-state index >= 15 is 0 Å². The van der Waals surface area contributed by atoms with Gasteiger partial charge in [-0.3, -0.25) is 0 Å². The van der Waals surface area contributed by atoms with E-state index in [9.17, 15) is 0 Å². The molecule has 0 aromatic heterocycles. The minimum Gasteiger partial charge on any atom is -0.371 e. The molecule has 0 radical (unpaired) electrons. The van der Waals surface area contributed by atoms with Crippen LogP contribution >= 0.6 is 0 Å². The molecule has 2 aliphatic carbocycles. The van der Waals surface area contributed by atoms with Crippen molar-refractivity contribution >= 4 is 0 Å². The zero-order valence-electron chi connectivity index (χ0n) is 16.2. The van der Waals surface area contributed by atoms with Crippen molar-refractivity contribution in [1.29, 1.82) is 0 Å². The molecule has 1 atom stereocenters. The van der Waals surface area contributed by atoms with Gasteiger partial charge in [-0.25, -0.2) is 0 Å². The van der Waals surface area contributed by atoms with Crippen LogP contribution in [0.2, 0.25) is 0 Å². The number of benzene rings is 1. The highest BCUT2D eigenvalue weighted by Crippen LogP contribution is 2.43. The number of hydrogen-bond donors (Lipinski definition) is 0. The van der Waals surface area contributed by atoms with Gasteiger partial charge in [0, 0.05) is 0 Å². The number of rotatable bonds is 7. The summed E-state index contributed by atoms with van der Waals surface area (Å²) >= 11 is 0. The molecule has 4 rings (SSSR count). The number of hydrogen-bond acceptors (Lipinski definition) is 3. The Hall–Kier alpha value is -0.900. The second kappa shape index (κ2) is 8.86. The normalized spacial score (nSPS) is 34.6. The maximum atomic E-state index is 5.90. The molecule has 0 spiro atoms. The molecule has 3 aliphatic rings. The maximum absolute atomic E-state index is 5.90. The van der Waals surface area contributed by atoms with Crippen molar-refractivity contribution in [2.24, 2.45) is 11.8 Å². The summed E-state index contributed by atoms with van der Waals surface area (Å²) in [5.41, 5.74) is 2.93.